The van der Waals surface area contributed by atoms with E-state index in [-0.39, 0.29) is 38.6 Å². The van der Waals surface area contributed by atoms with Crippen LogP contribution in [0.5, 0.6) is 0 Å². The zero-order valence-electron chi connectivity index (χ0n) is 31.8. The van der Waals surface area contributed by atoms with Gasteiger partial charge in [-0.1, -0.05) is 121 Å². The first-order chi connectivity index (χ1) is 23.6. The van der Waals surface area contributed by atoms with Gasteiger partial charge in [-0.05, 0) is 44.9 Å². The second-order valence-corrected chi connectivity index (χ2v) is 13.8. The lowest BCUT2D eigenvalue weighted by Gasteiger charge is -2.26. The number of quaternary nitrogens is 1. The number of carboxylic acids is 1. The number of allylic oxidation sites excluding steroid dienone is 6. The molecule has 0 aromatic rings. The summed E-state index contributed by atoms with van der Waals surface area (Å²) < 4.78 is 22.4. The third-order valence-electron chi connectivity index (χ3n) is 7.90. The molecule has 0 aliphatic rings. The van der Waals surface area contributed by atoms with E-state index in [9.17, 15) is 19.5 Å². The molecule has 0 rings (SSSR count). The predicted molar refractivity (Wildman–Crippen MR) is 196 cm³/mol. The van der Waals surface area contributed by atoms with Gasteiger partial charge in [0.15, 0.2) is 12.4 Å². The average molecular weight is 694 g/mol. The minimum atomic E-state index is -1.62. The molecule has 9 heteroatoms. The highest BCUT2D eigenvalue weighted by molar-refractivity contribution is 5.70. The Bertz CT molecular complexity index is 908. The highest BCUT2D eigenvalue weighted by Gasteiger charge is 2.21. The molecule has 0 saturated carbocycles. The number of unbranched alkanes of at least 4 members (excludes halogenated alkanes) is 13. The first-order valence-electron chi connectivity index (χ1n) is 19.1. The van der Waals surface area contributed by atoms with Crippen molar-refractivity contribution in [1.29, 1.82) is 0 Å². The van der Waals surface area contributed by atoms with Crippen molar-refractivity contribution in [2.45, 2.75) is 155 Å². The van der Waals surface area contributed by atoms with Crippen molar-refractivity contribution in [3.63, 3.8) is 0 Å². The van der Waals surface area contributed by atoms with E-state index < -0.39 is 24.3 Å². The Morgan fingerprint density at radius 2 is 1.16 bits per heavy atom. The van der Waals surface area contributed by atoms with Gasteiger partial charge in [0.25, 0.3) is 0 Å². The van der Waals surface area contributed by atoms with Crippen molar-refractivity contribution in [3.05, 3.63) is 36.5 Å². The van der Waals surface area contributed by atoms with Crippen LogP contribution < -0.4 is 5.11 Å². The molecule has 0 bridgehead atoms. The van der Waals surface area contributed by atoms with Crippen LogP contribution in [0.1, 0.15) is 142 Å². The van der Waals surface area contributed by atoms with E-state index in [4.69, 9.17) is 18.9 Å². The molecule has 0 spiro atoms. The van der Waals surface area contributed by atoms with Crippen LogP contribution in [0.4, 0.5) is 0 Å². The van der Waals surface area contributed by atoms with Gasteiger partial charge in [-0.2, -0.15) is 0 Å². The number of hydrogen-bond acceptors (Lipinski definition) is 8. The molecular formula is C40H71NO8. The molecule has 284 valence electrons. The van der Waals surface area contributed by atoms with Gasteiger partial charge >= 0.3 is 11.9 Å². The van der Waals surface area contributed by atoms with E-state index >= 15 is 0 Å². The topological polar surface area (TPSA) is 111 Å². The van der Waals surface area contributed by atoms with Crippen LogP contribution in [0.3, 0.4) is 0 Å². The lowest BCUT2D eigenvalue weighted by Crippen LogP contribution is -2.44. The van der Waals surface area contributed by atoms with Crippen molar-refractivity contribution in [2.24, 2.45) is 0 Å². The summed E-state index contributed by atoms with van der Waals surface area (Å²) in [5.74, 6) is -2.31. The molecule has 0 saturated heterocycles. The largest absolute Gasteiger partial charge is 0.545 e. The number of ether oxygens (including phenoxy) is 4. The van der Waals surface area contributed by atoms with Gasteiger partial charge in [0, 0.05) is 12.8 Å². The Morgan fingerprint density at radius 1 is 0.633 bits per heavy atom. The maximum absolute atomic E-state index is 12.6. The van der Waals surface area contributed by atoms with Crippen molar-refractivity contribution in [3.8, 4) is 0 Å². The third-order valence-corrected chi connectivity index (χ3v) is 7.90. The molecular weight excluding hydrogens is 622 g/mol. The quantitative estimate of drug-likeness (QED) is 0.0221. The fourth-order valence-corrected chi connectivity index (χ4v) is 4.90. The zero-order chi connectivity index (χ0) is 36.4. The van der Waals surface area contributed by atoms with Crippen molar-refractivity contribution in [2.75, 3.05) is 47.5 Å². The van der Waals surface area contributed by atoms with Gasteiger partial charge in [0.2, 0.25) is 0 Å². The number of carbonyl (C=O) groups excluding carboxylic acids is 3. The van der Waals surface area contributed by atoms with Gasteiger partial charge in [0.1, 0.15) is 13.2 Å². The molecule has 0 amide bonds. The highest BCUT2D eigenvalue weighted by Crippen LogP contribution is 2.13. The molecule has 0 fully saturated rings. The van der Waals surface area contributed by atoms with Crippen LogP contribution in [0.25, 0.3) is 0 Å². The summed E-state index contributed by atoms with van der Waals surface area (Å²) in [6.07, 6.45) is 30.5. The predicted octanol–water partition coefficient (Wildman–Crippen LogP) is 7.77. The van der Waals surface area contributed by atoms with Crippen LogP contribution in [0.15, 0.2) is 36.5 Å². The molecule has 0 N–H and O–H groups in total. The zero-order valence-corrected chi connectivity index (χ0v) is 31.8. The Hall–Kier alpha value is -2.49. The molecule has 2 atom stereocenters. The van der Waals surface area contributed by atoms with E-state index in [1.165, 1.54) is 44.9 Å². The second kappa shape index (κ2) is 32.7. The number of likely N-dealkylation sites (N-methyl/N-ethyl adjacent to an activating group) is 1. The molecule has 49 heavy (non-hydrogen) atoms. The summed E-state index contributed by atoms with van der Waals surface area (Å²) in [4.78, 5) is 36.6. The van der Waals surface area contributed by atoms with Crippen molar-refractivity contribution < 1.29 is 42.9 Å². The van der Waals surface area contributed by atoms with Crippen molar-refractivity contribution >= 4 is 17.9 Å². The minimum absolute atomic E-state index is 0.145. The van der Waals surface area contributed by atoms with Crippen LogP contribution in [0, 0.1) is 0 Å². The van der Waals surface area contributed by atoms with E-state index in [1.807, 2.05) is 21.1 Å². The monoisotopic (exact) mass is 694 g/mol. The van der Waals surface area contributed by atoms with Gasteiger partial charge in [-0.15, -0.1) is 0 Å². The Morgan fingerprint density at radius 3 is 1.73 bits per heavy atom. The number of carbonyl (C=O) groups is 3. The first kappa shape index (κ1) is 46.5. The fourth-order valence-electron chi connectivity index (χ4n) is 4.90. The number of esters is 2. The Labute approximate surface area is 299 Å². The van der Waals surface area contributed by atoms with Crippen LogP contribution in [-0.4, -0.2) is 82.3 Å². The molecule has 0 aliphatic heterocycles. The first-order valence-corrected chi connectivity index (χ1v) is 19.1. The fraction of sp³-hybridized carbons (Fsp3) is 0.775. The molecule has 9 nitrogen and oxygen atoms in total. The van der Waals surface area contributed by atoms with E-state index in [2.05, 4.69) is 50.3 Å². The normalized spacial score (nSPS) is 13.4. The number of carboxylic acid groups (broad SMARTS) is 1. The molecule has 0 aromatic heterocycles. The van der Waals surface area contributed by atoms with E-state index in [0.717, 1.165) is 64.2 Å². The van der Waals surface area contributed by atoms with Crippen molar-refractivity contribution in [1.82, 2.24) is 0 Å². The van der Waals surface area contributed by atoms with Crippen LogP contribution >= 0.6 is 0 Å². The SMILES string of the molecule is CC/C=C\C/C=C\C/C=C\CCCCCCCCCC(=O)OC(COC(=O)CCCCCCCCC)COC(OCC[N+](C)(C)C)C(=O)[O-]. The number of hydrogen-bond donors (Lipinski definition) is 0. The molecule has 0 radical (unpaired) electrons. The average Bonchev–Trinajstić information content (AvgIpc) is 3.05. The second-order valence-electron chi connectivity index (χ2n) is 13.8. The summed E-state index contributed by atoms with van der Waals surface area (Å²) in [5.41, 5.74) is 0. The maximum Gasteiger partial charge on any atom is 0.306 e. The number of nitrogens with zero attached hydrogens (tertiary/aromatic N) is 1. The molecule has 0 aromatic carbocycles. The highest BCUT2D eigenvalue weighted by atomic mass is 16.7. The lowest BCUT2D eigenvalue weighted by atomic mass is 10.1. The molecule has 2 unspecified atom stereocenters. The van der Waals surface area contributed by atoms with Gasteiger partial charge in [0.05, 0.1) is 40.3 Å². The minimum Gasteiger partial charge on any atom is -0.545 e. The Balaban J connectivity index is 4.47. The third kappa shape index (κ3) is 33.8. The van der Waals surface area contributed by atoms with Gasteiger partial charge < -0.3 is 33.3 Å². The summed E-state index contributed by atoms with van der Waals surface area (Å²) in [6.45, 7) is 4.54. The number of rotatable bonds is 34. The number of aliphatic carboxylic acids is 1. The Kier molecular flexibility index (Phi) is 31.0. The van der Waals surface area contributed by atoms with E-state index in [0.29, 0.717) is 17.4 Å². The standard InChI is InChI=1S/C40H71NO8/c1-6-8-10-12-14-15-16-17-18-19-20-21-22-23-25-27-29-31-38(43)49-36(34-47-37(42)30-28-26-24-13-11-9-7-2)35-48-40(39(44)45)46-33-32-41(3,4)5/h8,10,14-15,17-18,36,40H,6-7,9,11-13,16,19-35H2,1-5H3/b10-8-,15-14-,18-17-. The molecule has 0 heterocycles. The summed E-state index contributed by atoms with van der Waals surface area (Å²) in [5, 5.41) is 11.6. The van der Waals surface area contributed by atoms with Gasteiger partial charge in [-0.3, -0.25) is 9.59 Å². The van der Waals surface area contributed by atoms with Crippen LogP contribution in [-0.2, 0) is 33.3 Å². The summed E-state index contributed by atoms with van der Waals surface area (Å²) >= 11 is 0. The molecule has 0 aliphatic carbocycles. The lowest BCUT2D eigenvalue weighted by molar-refractivity contribution is -0.870. The van der Waals surface area contributed by atoms with Gasteiger partial charge in [-0.25, -0.2) is 0 Å². The maximum atomic E-state index is 12.6. The smallest absolute Gasteiger partial charge is 0.306 e. The van der Waals surface area contributed by atoms with Crippen LogP contribution in [0.2, 0.25) is 0 Å². The van der Waals surface area contributed by atoms with E-state index in [1.54, 1.807) is 0 Å². The summed E-state index contributed by atoms with van der Waals surface area (Å²) in [6, 6.07) is 0. The summed E-state index contributed by atoms with van der Waals surface area (Å²) in [7, 11) is 5.88.